The van der Waals surface area contributed by atoms with E-state index in [9.17, 15) is 4.79 Å². The van der Waals surface area contributed by atoms with Crippen LogP contribution in [0.3, 0.4) is 0 Å². The molecule has 0 unspecified atom stereocenters. The molecule has 0 radical (unpaired) electrons. The van der Waals surface area contributed by atoms with Crippen molar-refractivity contribution in [2.75, 3.05) is 27.7 Å². The molecule has 118 valence electrons. The summed E-state index contributed by atoms with van der Waals surface area (Å²) in [6.07, 6.45) is 1.63. The number of nitrogens with zero attached hydrogens (tertiary/aromatic N) is 1. The minimum Gasteiger partial charge on any atom is -0.497 e. The zero-order chi connectivity index (χ0) is 16.1. The minimum absolute atomic E-state index is 0.0247. The highest BCUT2D eigenvalue weighted by atomic mass is 79.9. The van der Waals surface area contributed by atoms with Gasteiger partial charge in [-0.15, -0.1) is 0 Å². The topological polar surface area (TPSA) is 54.7 Å². The number of carbonyl (C=O) groups is 1. The van der Waals surface area contributed by atoms with Gasteiger partial charge in [0.2, 0.25) is 0 Å². The fourth-order valence-corrected chi connectivity index (χ4v) is 2.54. The molecule has 1 heterocycles. The molecule has 0 aliphatic rings. The zero-order valence-corrected chi connectivity index (χ0v) is 14.4. The van der Waals surface area contributed by atoms with Gasteiger partial charge in [0.15, 0.2) is 0 Å². The number of halogens is 1. The molecular weight excluding hydrogens is 348 g/mol. The number of likely N-dealkylation sites (N-methyl/N-ethyl adjacent to an activating group) is 1. The molecule has 0 saturated heterocycles. The van der Waals surface area contributed by atoms with E-state index in [1.807, 2.05) is 31.1 Å². The molecule has 0 fully saturated rings. The molecule has 1 aromatic heterocycles. The maximum Gasteiger partial charge on any atom is 0.252 e. The third-order valence-corrected chi connectivity index (χ3v) is 4.06. The molecule has 1 amide bonds. The summed E-state index contributed by atoms with van der Waals surface area (Å²) in [5.74, 6) is 1.29. The van der Waals surface area contributed by atoms with Gasteiger partial charge >= 0.3 is 0 Å². The van der Waals surface area contributed by atoms with Crippen LogP contribution >= 0.6 is 15.9 Å². The Kier molecular flexibility index (Phi) is 5.63. The number of furan rings is 1. The Morgan fingerprint density at radius 1 is 1.41 bits per heavy atom. The van der Waals surface area contributed by atoms with Gasteiger partial charge < -0.3 is 14.5 Å². The minimum atomic E-state index is -0.163. The fourth-order valence-electron chi connectivity index (χ4n) is 2.11. The molecule has 6 heteroatoms. The van der Waals surface area contributed by atoms with Crippen LogP contribution < -0.4 is 10.1 Å². The Bertz CT molecular complexity index is 626. The van der Waals surface area contributed by atoms with Gasteiger partial charge in [-0.05, 0) is 60.4 Å². The summed E-state index contributed by atoms with van der Waals surface area (Å²) in [5, 5.41) is 2.93. The standard InChI is InChI=1S/C16H19BrN2O3/c1-19(2)14(15-5-4-8-22-15)10-18-16(20)12-9-11(21-3)6-7-13(12)17/h4-9,14H,10H2,1-3H3,(H,18,20)/t14-/m0/s1. The smallest absolute Gasteiger partial charge is 0.252 e. The Morgan fingerprint density at radius 3 is 2.77 bits per heavy atom. The number of hydrogen-bond donors (Lipinski definition) is 1. The van der Waals surface area contributed by atoms with E-state index in [1.54, 1.807) is 31.6 Å². The Morgan fingerprint density at radius 2 is 2.18 bits per heavy atom. The average molecular weight is 367 g/mol. The van der Waals surface area contributed by atoms with Crippen molar-refractivity contribution in [2.45, 2.75) is 6.04 Å². The van der Waals surface area contributed by atoms with E-state index < -0.39 is 0 Å². The van der Waals surface area contributed by atoms with E-state index in [2.05, 4.69) is 21.2 Å². The van der Waals surface area contributed by atoms with Gasteiger partial charge in [-0.25, -0.2) is 0 Å². The second kappa shape index (κ2) is 7.47. The first-order valence-corrected chi connectivity index (χ1v) is 7.63. The van der Waals surface area contributed by atoms with Crippen LogP contribution in [0.2, 0.25) is 0 Å². The summed E-state index contributed by atoms with van der Waals surface area (Å²) >= 11 is 3.39. The molecule has 0 saturated carbocycles. The van der Waals surface area contributed by atoms with Gasteiger partial charge in [0, 0.05) is 11.0 Å². The summed E-state index contributed by atoms with van der Waals surface area (Å²) in [6.45, 7) is 0.447. The third kappa shape index (κ3) is 3.90. The second-order valence-electron chi connectivity index (χ2n) is 5.05. The maximum atomic E-state index is 12.4. The molecule has 1 N–H and O–H groups in total. The lowest BCUT2D eigenvalue weighted by Crippen LogP contribution is -2.34. The lowest BCUT2D eigenvalue weighted by atomic mass is 10.1. The number of carbonyl (C=O) groups excluding carboxylic acids is 1. The van der Waals surface area contributed by atoms with Gasteiger partial charge in [0.1, 0.15) is 11.5 Å². The number of ether oxygens (including phenoxy) is 1. The third-order valence-electron chi connectivity index (χ3n) is 3.37. The highest BCUT2D eigenvalue weighted by Gasteiger charge is 2.19. The van der Waals surface area contributed by atoms with E-state index >= 15 is 0 Å². The SMILES string of the molecule is COc1ccc(Br)c(C(=O)NC[C@@H](c2ccco2)N(C)C)c1. The van der Waals surface area contributed by atoms with Crippen LogP contribution in [0, 0.1) is 0 Å². The van der Waals surface area contributed by atoms with Crippen molar-refractivity contribution >= 4 is 21.8 Å². The zero-order valence-electron chi connectivity index (χ0n) is 12.8. The van der Waals surface area contributed by atoms with E-state index in [-0.39, 0.29) is 11.9 Å². The molecule has 2 rings (SSSR count). The number of benzene rings is 1. The molecule has 1 aromatic carbocycles. The lowest BCUT2D eigenvalue weighted by molar-refractivity contribution is 0.0938. The van der Waals surface area contributed by atoms with E-state index in [0.29, 0.717) is 17.9 Å². The number of nitrogens with one attached hydrogen (secondary N) is 1. The Balaban J connectivity index is 2.08. The molecule has 2 aromatic rings. The number of methoxy groups -OCH3 is 1. The van der Waals surface area contributed by atoms with Crippen LogP contribution in [0.1, 0.15) is 22.2 Å². The summed E-state index contributed by atoms with van der Waals surface area (Å²) in [5.41, 5.74) is 0.538. The van der Waals surface area contributed by atoms with Crippen molar-refractivity contribution in [3.63, 3.8) is 0 Å². The molecule has 1 atom stereocenters. The van der Waals surface area contributed by atoms with Crippen molar-refractivity contribution in [1.29, 1.82) is 0 Å². The molecule has 5 nitrogen and oxygen atoms in total. The molecule has 0 aliphatic carbocycles. The van der Waals surface area contributed by atoms with Crippen LogP contribution in [0.25, 0.3) is 0 Å². The number of hydrogen-bond acceptors (Lipinski definition) is 4. The maximum absolute atomic E-state index is 12.4. The van der Waals surface area contributed by atoms with Gasteiger partial charge in [0.05, 0.1) is 25.0 Å². The van der Waals surface area contributed by atoms with E-state index in [0.717, 1.165) is 10.2 Å². The lowest BCUT2D eigenvalue weighted by Gasteiger charge is -2.22. The van der Waals surface area contributed by atoms with E-state index in [4.69, 9.17) is 9.15 Å². The van der Waals surface area contributed by atoms with Gasteiger partial charge in [-0.2, -0.15) is 0 Å². The largest absolute Gasteiger partial charge is 0.497 e. The normalized spacial score (nSPS) is 12.2. The quantitative estimate of drug-likeness (QED) is 0.853. The van der Waals surface area contributed by atoms with Gasteiger partial charge in [0.25, 0.3) is 5.91 Å². The van der Waals surface area contributed by atoms with E-state index in [1.165, 1.54) is 0 Å². The van der Waals surface area contributed by atoms with Crippen molar-refractivity contribution in [2.24, 2.45) is 0 Å². The first-order valence-electron chi connectivity index (χ1n) is 6.84. The monoisotopic (exact) mass is 366 g/mol. The van der Waals surface area contributed by atoms with Crippen LogP contribution in [0.15, 0.2) is 45.5 Å². The Labute approximate surface area is 138 Å². The molecule has 22 heavy (non-hydrogen) atoms. The van der Waals surface area contributed by atoms with Crippen molar-refractivity contribution < 1.29 is 13.9 Å². The summed E-state index contributed by atoms with van der Waals surface area (Å²) in [7, 11) is 5.46. The van der Waals surface area contributed by atoms with Crippen molar-refractivity contribution in [1.82, 2.24) is 10.2 Å². The fraction of sp³-hybridized carbons (Fsp3) is 0.312. The van der Waals surface area contributed by atoms with Crippen LogP contribution in [-0.4, -0.2) is 38.6 Å². The molecule has 0 spiro atoms. The number of rotatable bonds is 6. The summed E-state index contributed by atoms with van der Waals surface area (Å²) in [6, 6.07) is 9.01. The predicted octanol–water partition coefficient (Wildman–Crippen LogP) is 3.08. The second-order valence-corrected chi connectivity index (χ2v) is 5.90. The molecule has 0 aliphatic heterocycles. The summed E-state index contributed by atoms with van der Waals surface area (Å²) < 4.78 is 11.3. The van der Waals surface area contributed by atoms with Crippen LogP contribution in [0.4, 0.5) is 0 Å². The first-order chi connectivity index (χ1) is 10.5. The highest BCUT2D eigenvalue weighted by Crippen LogP contribution is 2.23. The first kappa shape index (κ1) is 16.6. The highest BCUT2D eigenvalue weighted by molar-refractivity contribution is 9.10. The van der Waals surface area contributed by atoms with Crippen molar-refractivity contribution in [3.05, 3.63) is 52.4 Å². The van der Waals surface area contributed by atoms with Crippen LogP contribution in [0.5, 0.6) is 5.75 Å². The predicted molar refractivity (Wildman–Crippen MR) is 88.2 cm³/mol. The molecule has 0 bridgehead atoms. The van der Waals surface area contributed by atoms with Crippen LogP contribution in [-0.2, 0) is 0 Å². The number of amides is 1. The van der Waals surface area contributed by atoms with Gasteiger partial charge in [-0.1, -0.05) is 0 Å². The summed E-state index contributed by atoms with van der Waals surface area (Å²) in [4.78, 5) is 14.4. The average Bonchev–Trinajstić information content (AvgIpc) is 3.01. The van der Waals surface area contributed by atoms with Crippen molar-refractivity contribution in [3.8, 4) is 5.75 Å². The Hall–Kier alpha value is -1.79. The van der Waals surface area contributed by atoms with Gasteiger partial charge in [-0.3, -0.25) is 9.69 Å². The molecular formula is C16H19BrN2O3.